The van der Waals surface area contributed by atoms with Gasteiger partial charge in [-0.2, -0.15) is 0 Å². The van der Waals surface area contributed by atoms with Crippen LogP contribution in [0.2, 0.25) is 5.02 Å². The third-order valence-corrected chi connectivity index (χ3v) is 4.74. The molecule has 0 unspecified atom stereocenters. The highest BCUT2D eigenvalue weighted by Gasteiger charge is 2.13. The van der Waals surface area contributed by atoms with Gasteiger partial charge in [0.1, 0.15) is 6.61 Å². The topological polar surface area (TPSA) is 44.5 Å². The molecule has 102 valence electrons. The van der Waals surface area contributed by atoms with Gasteiger partial charge in [0, 0.05) is 11.0 Å². The molecule has 2 rings (SSSR count). The van der Waals surface area contributed by atoms with Crippen LogP contribution in [0.25, 0.3) is 0 Å². The number of halogens is 2. The van der Waals surface area contributed by atoms with Gasteiger partial charge >= 0.3 is 0 Å². The number of nitrogens with two attached hydrogens (primary N) is 1. The zero-order valence-corrected chi connectivity index (χ0v) is 13.4. The van der Waals surface area contributed by atoms with Gasteiger partial charge in [0.15, 0.2) is 11.5 Å². The Hall–Kier alpha value is -0.750. The van der Waals surface area contributed by atoms with Gasteiger partial charge in [-0.1, -0.05) is 11.6 Å². The van der Waals surface area contributed by atoms with Gasteiger partial charge < -0.3 is 15.2 Å². The minimum Gasteiger partial charge on any atom is -0.493 e. The molecule has 1 heterocycles. The number of ether oxygens (including phenoxy) is 2. The first kappa shape index (κ1) is 14.7. The second-order valence-corrected chi connectivity index (χ2v) is 6.06. The Bertz CT molecular complexity index is 574. The van der Waals surface area contributed by atoms with Gasteiger partial charge in [0.2, 0.25) is 0 Å². The molecule has 0 aliphatic rings. The first-order chi connectivity index (χ1) is 9.15. The lowest BCUT2D eigenvalue weighted by Gasteiger charge is -2.13. The molecule has 0 bridgehead atoms. The van der Waals surface area contributed by atoms with Crippen molar-refractivity contribution in [3.05, 3.63) is 43.5 Å². The Balaban J connectivity index is 2.22. The molecule has 0 fully saturated rings. The van der Waals surface area contributed by atoms with Crippen LogP contribution in [0.3, 0.4) is 0 Å². The highest BCUT2D eigenvalue weighted by Crippen LogP contribution is 2.37. The van der Waals surface area contributed by atoms with Crippen molar-refractivity contribution < 1.29 is 9.47 Å². The number of methoxy groups -OCH3 is 1. The maximum absolute atomic E-state index is 6.20. The Morgan fingerprint density at radius 2 is 2.21 bits per heavy atom. The maximum Gasteiger partial charge on any atom is 0.180 e. The summed E-state index contributed by atoms with van der Waals surface area (Å²) >= 11 is 11.3. The Labute approximate surface area is 129 Å². The van der Waals surface area contributed by atoms with E-state index in [1.165, 1.54) is 0 Å². The smallest absolute Gasteiger partial charge is 0.180 e. The van der Waals surface area contributed by atoms with Crippen molar-refractivity contribution in [1.29, 1.82) is 0 Å². The molecule has 6 heteroatoms. The lowest BCUT2D eigenvalue weighted by molar-refractivity contribution is 0.287. The molecule has 3 nitrogen and oxygen atoms in total. The molecule has 0 spiro atoms. The second-order valence-electron chi connectivity index (χ2n) is 3.79. The zero-order chi connectivity index (χ0) is 13.8. The van der Waals surface area contributed by atoms with E-state index in [9.17, 15) is 0 Å². The van der Waals surface area contributed by atoms with Crippen LogP contribution in [0.1, 0.15) is 10.4 Å². The molecule has 1 aromatic heterocycles. The molecule has 0 atom stereocenters. The van der Waals surface area contributed by atoms with Crippen LogP contribution < -0.4 is 15.2 Å². The van der Waals surface area contributed by atoms with E-state index in [-0.39, 0.29) is 0 Å². The third kappa shape index (κ3) is 3.42. The van der Waals surface area contributed by atoms with Crippen molar-refractivity contribution in [2.75, 3.05) is 7.11 Å². The Kier molecular flexibility index (Phi) is 5.10. The maximum atomic E-state index is 6.20. The van der Waals surface area contributed by atoms with Crippen molar-refractivity contribution in [3.8, 4) is 11.5 Å². The minimum atomic E-state index is 0.410. The van der Waals surface area contributed by atoms with E-state index in [1.807, 2.05) is 17.5 Å². The Morgan fingerprint density at radius 1 is 1.42 bits per heavy atom. The average molecular weight is 363 g/mol. The summed E-state index contributed by atoms with van der Waals surface area (Å²) in [5.74, 6) is 1.14. The molecule has 2 aromatic rings. The fourth-order valence-corrected chi connectivity index (χ4v) is 3.26. The van der Waals surface area contributed by atoms with Crippen molar-refractivity contribution in [2.45, 2.75) is 13.2 Å². The van der Waals surface area contributed by atoms with Crippen molar-refractivity contribution >= 4 is 38.9 Å². The number of hydrogen-bond acceptors (Lipinski definition) is 4. The first-order valence-electron chi connectivity index (χ1n) is 5.57. The highest BCUT2D eigenvalue weighted by atomic mass is 79.9. The molecular formula is C13H13BrClNO2S. The molecule has 0 amide bonds. The minimum absolute atomic E-state index is 0.410. The number of benzene rings is 1. The summed E-state index contributed by atoms with van der Waals surface area (Å²) < 4.78 is 12.1. The van der Waals surface area contributed by atoms with E-state index >= 15 is 0 Å². The van der Waals surface area contributed by atoms with Crippen LogP contribution in [0, 0.1) is 0 Å². The average Bonchev–Trinajstić information content (AvgIpc) is 2.82. The van der Waals surface area contributed by atoms with Gasteiger partial charge in [-0.05, 0) is 45.1 Å². The first-order valence-corrected chi connectivity index (χ1v) is 7.62. The molecule has 1 aromatic carbocycles. The molecule has 0 saturated carbocycles. The largest absolute Gasteiger partial charge is 0.493 e. The summed E-state index contributed by atoms with van der Waals surface area (Å²) in [6.07, 6.45) is 0. The fourth-order valence-electron chi connectivity index (χ4n) is 1.60. The van der Waals surface area contributed by atoms with Gasteiger partial charge in [-0.25, -0.2) is 0 Å². The monoisotopic (exact) mass is 361 g/mol. The summed E-state index contributed by atoms with van der Waals surface area (Å²) in [6, 6.07) is 5.62. The molecular weight excluding hydrogens is 350 g/mol. The summed E-state index contributed by atoms with van der Waals surface area (Å²) in [4.78, 5) is 1.10. The van der Waals surface area contributed by atoms with Crippen LogP contribution in [-0.2, 0) is 13.2 Å². The summed E-state index contributed by atoms with van der Waals surface area (Å²) in [7, 11) is 1.58. The lowest BCUT2D eigenvalue weighted by Crippen LogP contribution is -2.01. The van der Waals surface area contributed by atoms with Gasteiger partial charge in [-0.3, -0.25) is 0 Å². The Morgan fingerprint density at radius 3 is 2.79 bits per heavy atom. The van der Waals surface area contributed by atoms with E-state index in [0.29, 0.717) is 29.7 Å². The zero-order valence-electron chi connectivity index (χ0n) is 10.3. The predicted molar refractivity (Wildman–Crippen MR) is 82.2 cm³/mol. The van der Waals surface area contributed by atoms with E-state index in [2.05, 4.69) is 15.9 Å². The molecule has 2 N–H and O–H groups in total. The predicted octanol–water partition coefficient (Wildman–Crippen LogP) is 4.21. The van der Waals surface area contributed by atoms with Crippen LogP contribution in [0.5, 0.6) is 11.5 Å². The normalized spacial score (nSPS) is 10.5. The van der Waals surface area contributed by atoms with Crippen molar-refractivity contribution in [3.63, 3.8) is 0 Å². The van der Waals surface area contributed by atoms with Gasteiger partial charge in [0.05, 0.1) is 17.0 Å². The quantitative estimate of drug-likeness (QED) is 0.866. The van der Waals surface area contributed by atoms with Crippen LogP contribution in [0.15, 0.2) is 28.1 Å². The lowest BCUT2D eigenvalue weighted by atomic mass is 10.2. The SMILES string of the molecule is COc1cc(CN)cc(Cl)c1OCc1sccc1Br. The number of hydrogen-bond donors (Lipinski definition) is 1. The number of rotatable bonds is 5. The standard InChI is InChI=1S/C13H13BrClNO2S/c1-17-11-5-8(6-16)4-10(15)13(11)18-7-12-9(14)2-3-19-12/h2-5H,6-7,16H2,1H3. The fraction of sp³-hybridized carbons (Fsp3) is 0.231. The molecule has 19 heavy (non-hydrogen) atoms. The summed E-state index contributed by atoms with van der Waals surface area (Å²) in [5.41, 5.74) is 6.51. The molecule has 0 aliphatic carbocycles. The summed E-state index contributed by atoms with van der Waals surface area (Å²) in [5, 5.41) is 2.51. The van der Waals surface area contributed by atoms with Crippen molar-refractivity contribution in [2.24, 2.45) is 5.73 Å². The van der Waals surface area contributed by atoms with Gasteiger partial charge in [-0.15, -0.1) is 11.3 Å². The van der Waals surface area contributed by atoms with E-state index in [0.717, 1.165) is 14.9 Å². The highest BCUT2D eigenvalue weighted by molar-refractivity contribution is 9.10. The van der Waals surface area contributed by atoms with E-state index in [1.54, 1.807) is 24.5 Å². The third-order valence-electron chi connectivity index (χ3n) is 2.56. The second kappa shape index (κ2) is 6.61. The van der Waals surface area contributed by atoms with Crippen molar-refractivity contribution in [1.82, 2.24) is 0 Å². The van der Waals surface area contributed by atoms with Gasteiger partial charge in [0.25, 0.3) is 0 Å². The summed E-state index contributed by atoms with van der Waals surface area (Å²) in [6.45, 7) is 0.850. The van der Waals surface area contributed by atoms with Crippen LogP contribution >= 0.6 is 38.9 Å². The molecule has 0 aliphatic heterocycles. The molecule has 0 saturated heterocycles. The number of thiophene rings is 1. The molecule has 0 radical (unpaired) electrons. The van der Waals surface area contributed by atoms with E-state index in [4.69, 9.17) is 26.8 Å². The van der Waals surface area contributed by atoms with E-state index < -0.39 is 0 Å². The van der Waals surface area contributed by atoms with Crippen LogP contribution in [-0.4, -0.2) is 7.11 Å². The van der Waals surface area contributed by atoms with Crippen LogP contribution in [0.4, 0.5) is 0 Å².